The molecule has 0 bridgehead atoms. The van der Waals surface area contributed by atoms with Gasteiger partial charge in [0.1, 0.15) is 0 Å². The molecule has 4 nitrogen and oxygen atoms in total. The summed E-state index contributed by atoms with van der Waals surface area (Å²) in [7, 11) is 0. The number of rotatable bonds is 6. The van der Waals surface area contributed by atoms with Crippen LogP contribution in [0.2, 0.25) is 0 Å². The third kappa shape index (κ3) is 3.41. The summed E-state index contributed by atoms with van der Waals surface area (Å²) in [6, 6.07) is 1.42. The molecule has 0 amide bonds. The van der Waals surface area contributed by atoms with E-state index in [0.29, 0.717) is 24.7 Å². The predicted molar refractivity (Wildman–Crippen MR) is 83.7 cm³/mol. The van der Waals surface area contributed by atoms with Crippen molar-refractivity contribution in [3.05, 3.63) is 18.0 Å². The molecule has 0 spiro atoms. The molecular weight excluding hydrogens is 248 g/mol. The Morgan fingerprint density at radius 2 is 2.05 bits per heavy atom. The monoisotopic (exact) mass is 278 g/mol. The van der Waals surface area contributed by atoms with E-state index < -0.39 is 0 Å². The van der Waals surface area contributed by atoms with Crippen LogP contribution >= 0.6 is 0 Å². The quantitative estimate of drug-likeness (QED) is 0.869. The topological polar surface area (TPSA) is 47.1 Å². The Hall–Kier alpha value is -0.870. The summed E-state index contributed by atoms with van der Waals surface area (Å²) in [5.41, 5.74) is 7.37. The highest BCUT2D eigenvalue weighted by Gasteiger charge is 2.27. The van der Waals surface area contributed by atoms with Crippen molar-refractivity contribution < 1.29 is 0 Å². The van der Waals surface area contributed by atoms with Gasteiger partial charge < -0.3 is 5.73 Å². The van der Waals surface area contributed by atoms with Gasteiger partial charge in [-0.3, -0.25) is 9.58 Å². The second-order valence-electron chi connectivity index (χ2n) is 6.22. The third-order valence-corrected chi connectivity index (χ3v) is 4.57. The maximum absolute atomic E-state index is 6.09. The Balaban J connectivity index is 2.14. The van der Waals surface area contributed by atoms with Crippen LogP contribution in [0.5, 0.6) is 0 Å². The lowest BCUT2D eigenvalue weighted by Crippen LogP contribution is -2.42. The number of hydrogen-bond acceptors (Lipinski definition) is 3. The highest BCUT2D eigenvalue weighted by molar-refractivity contribution is 5.12. The molecule has 1 aliphatic rings. The highest BCUT2D eigenvalue weighted by atomic mass is 15.3. The van der Waals surface area contributed by atoms with Crippen LogP contribution in [-0.4, -0.2) is 33.8 Å². The molecule has 2 N–H and O–H groups in total. The van der Waals surface area contributed by atoms with Gasteiger partial charge in [-0.2, -0.15) is 5.10 Å². The fourth-order valence-electron chi connectivity index (χ4n) is 3.42. The second kappa shape index (κ2) is 7.23. The van der Waals surface area contributed by atoms with Gasteiger partial charge in [-0.1, -0.05) is 26.2 Å². The molecular formula is C16H30N4. The highest BCUT2D eigenvalue weighted by Crippen LogP contribution is 2.29. The van der Waals surface area contributed by atoms with Crippen molar-refractivity contribution in [2.75, 3.05) is 13.1 Å². The maximum atomic E-state index is 6.09. The minimum atomic E-state index is 0.315. The zero-order chi connectivity index (χ0) is 14.5. The fraction of sp³-hybridized carbons (Fsp3) is 0.812. The van der Waals surface area contributed by atoms with Gasteiger partial charge >= 0.3 is 0 Å². The average Bonchev–Trinajstić information content (AvgIpc) is 2.95. The normalized spacial score (nSPS) is 18.9. The van der Waals surface area contributed by atoms with Gasteiger partial charge in [-0.15, -0.1) is 0 Å². The molecule has 1 aromatic heterocycles. The number of nitrogens with two attached hydrogens (primary N) is 1. The maximum Gasteiger partial charge on any atom is 0.0538 e. The van der Waals surface area contributed by atoms with E-state index in [1.807, 2.05) is 10.9 Å². The van der Waals surface area contributed by atoms with E-state index in [1.165, 1.54) is 37.7 Å². The van der Waals surface area contributed by atoms with Crippen LogP contribution in [0.3, 0.4) is 0 Å². The number of hydrogen-bond donors (Lipinski definition) is 1. The molecule has 2 rings (SSSR count). The minimum absolute atomic E-state index is 0.315. The minimum Gasteiger partial charge on any atom is -0.329 e. The molecule has 1 atom stereocenters. The zero-order valence-electron chi connectivity index (χ0n) is 13.3. The summed E-state index contributed by atoms with van der Waals surface area (Å²) in [5.74, 6) is 0. The van der Waals surface area contributed by atoms with Crippen LogP contribution in [0, 0.1) is 0 Å². The summed E-state index contributed by atoms with van der Waals surface area (Å²) >= 11 is 0. The van der Waals surface area contributed by atoms with Gasteiger partial charge in [-0.05, 0) is 33.2 Å². The van der Waals surface area contributed by atoms with Crippen molar-refractivity contribution in [2.45, 2.75) is 71.0 Å². The lowest BCUT2D eigenvalue weighted by molar-refractivity contribution is 0.113. The summed E-state index contributed by atoms with van der Waals surface area (Å²) in [6.07, 6.45) is 10.9. The first-order chi connectivity index (χ1) is 9.67. The second-order valence-corrected chi connectivity index (χ2v) is 6.22. The Morgan fingerprint density at radius 3 is 2.55 bits per heavy atom. The van der Waals surface area contributed by atoms with E-state index in [1.54, 1.807) is 0 Å². The van der Waals surface area contributed by atoms with E-state index in [9.17, 15) is 0 Å². The van der Waals surface area contributed by atoms with E-state index in [0.717, 1.165) is 6.54 Å². The molecule has 4 heteroatoms. The first-order valence-electron chi connectivity index (χ1n) is 8.17. The Morgan fingerprint density at radius 1 is 1.35 bits per heavy atom. The molecule has 20 heavy (non-hydrogen) atoms. The molecule has 1 heterocycles. The van der Waals surface area contributed by atoms with Crippen molar-refractivity contribution in [1.29, 1.82) is 0 Å². The van der Waals surface area contributed by atoms with E-state index in [2.05, 4.69) is 37.0 Å². The van der Waals surface area contributed by atoms with Gasteiger partial charge in [0.25, 0.3) is 0 Å². The van der Waals surface area contributed by atoms with Crippen molar-refractivity contribution in [3.8, 4) is 0 Å². The lowest BCUT2D eigenvalue weighted by atomic mass is 9.92. The molecule has 1 aliphatic carbocycles. The van der Waals surface area contributed by atoms with E-state index >= 15 is 0 Å². The first kappa shape index (κ1) is 15.5. The smallest absolute Gasteiger partial charge is 0.0538 e. The van der Waals surface area contributed by atoms with Crippen molar-refractivity contribution in [1.82, 2.24) is 14.7 Å². The molecule has 0 aliphatic heterocycles. The van der Waals surface area contributed by atoms with Gasteiger partial charge in [0, 0.05) is 30.4 Å². The van der Waals surface area contributed by atoms with E-state index in [-0.39, 0.29) is 0 Å². The summed E-state index contributed by atoms with van der Waals surface area (Å²) in [6.45, 7) is 8.32. The van der Waals surface area contributed by atoms with Crippen molar-refractivity contribution in [3.63, 3.8) is 0 Å². The Kier molecular flexibility index (Phi) is 5.61. The largest absolute Gasteiger partial charge is 0.329 e. The molecule has 114 valence electrons. The van der Waals surface area contributed by atoms with E-state index in [4.69, 9.17) is 5.73 Å². The molecule has 1 fully saturated rings. The summed E-state index contributed by atoms with van der Waals surface area (Å²) in [4.78, 5) is 2.60. The van der Waals surface area contributed by atoms with Crippen LogP contribution in [-0.2, 0) is 0 Å². The number of aromatic nitrogens is 2. The SMILES string of the molecule is CCN(C1CCCCC1)C(CN)c1cnn(C(C)C)c1. The van der Waals surface area contributed by atoms with Crippen molar-refractivity contribution >= 4 is 0 Å². The Labute approximate surface area is 123 Å². The third-order valence-electron chi connectivity index (χ3n) is 4.57. The van der Waals surface area contributed by atoms with Crippen LogP contribution in [0.25, 0.3) is 0 Å². The van der Waals surface area contributed by atoms with Gasteiger partial charge in [0.05, 0.1) is 12.2 Å². The first-order valence-corrected chi connectivity index (χ1v) is 8.17. The molecule has 0 saturated heterocycles. The summed E-state index contributed by atoms with van der Waals surface area (Å²) < 4.78 is 2.03. The molecule has 0 radical (unpaired) electrons. The van der Waals surface area contributed by atoms with Crippen LogP contribution in [0.4, 0.5) is 0 Å². The number of nitrogens with zero attached hydrogens (tertiary/aromatic N) is 3. The lowest BCUT2D eigenvalue weighted by Gasteiger charge is -2.38. The van der Waals surface area contributed by atoms with Crippen LogP contribution in [0.15, 0.2) is 12.4 Å². The van der Waals surface area contributed by atoms with Crippen molar-refractivity contribution in [2.24, 2.45) is 5.73 Å². The van der Waals surface area contributed by atoms with Crippen LogP contribution < -0.4 is 5.73 Å². The molecule has 1 unspecified atom stereocenters. The predicted octanol–water partition coefficient (Wildman–Crippen LogP) is 3.12. The van der Waals surface area contributed by atoms with Gasteiger partial charge in [0.2, 0.25) is 0 Å². The Bertz CT molecular complexity index is 393. The number of likely N-dealkylation sites (N-methyl/N-ethyl adjacent to an activating group) is 1. The molecule has 0 aromatic carbocycles. The molecule has 1 aromatic rings. The van der Waals surface area contributed by atoms with Gasteiger partial charge in [-0.25, -0.2) is 0 Å². The van der Waals surface area contributed by atoms with Crippen LogP contribution in [0.1, 0.15) is 70.5 Å². The standard InChI is InChI=1S/C16H30N4/c1-4-19(15-8-6-5-7-9-15)16(10-17)14-11-18-20(12-14)13(2)3/h11-13,15-16H,4-10,17H2,1-3H3. The fourth-order valence-corrected chi connectivity index (χ4v) is 3.42. The zero-order valence-corrected chi connectivity index (χ0v) is 13.3. The molecule has 1 saturated carbocycles. The summed E-state index contributed by atoms with van der Waals surface area (Å²) in [5, 5.41) is 4.48. The average molecular weight is 278 g/mol. The van der Waals surface area contributed by atoms with Gasteiger partial charge in [0.15, 0.2) is 0 Å².